The van der Waals surface area contributed by atoms with Crippen LogP contribution in [0.2, 0.25) is 0 Å². The van der Waals surface area contributed by atoms with E-state index in [0.29, 0.717) is 30.2 Å². The van der Waals surface area contributed by atoms with E-state index in [1.165, 1.54) is 6.42 Å². The number of unbranched alkanes of at least 4 members (excludes halogenated alkanes) is 4. The number of ether oxygens (including phenoxy) is 1. The number of hydrogen-bond donors (Lipinski definition) is 1. The molecule has 0 fully saturated rings. The van der Waals surface area contributed by atoms with Crippen LogP contribution in [0.5, 0.6) is 0 Å². The Morgan fingerprint density at radius 3 is 2.63 bits per heavy atom. The Labute approximate surface area is 303 Å². The lowest BCUT2D eigenvalue weighted by Crippen LogP contribution is -2.37. The number of aromatic nitrogens is 2. The molecule has 1 aliphatic rings. The Balaban J connectivity index is 1.80. The molecule has 1 unspecified atom stereocenters. The van der Waals surface area contributed by atoms with Crippen molar-refractivity contribution in [2.24, 2.45) is 5.92 Å². The third-order valence-corrected chi connectivity index (χ3v) is 9.82. The predicted molar refractivity (Wildman–Crippen MR) is 202 cm³/mol. The summed E-state index contributed by atoms with van der Waals surface area (Å²) in [4.78, 5) is 28.5. The van der Waals surface area contributed by atoms with E-state index in [1.807, 2.05) is 48.6 Å². The molecule has 9 heteroatoms. The molecule has 51 heavy (non-hydrogen) atoms. The number of rotatable bonds is 20. The first kappa shape index (κ1) is 38.6. The van der Waals surface area contributed by atoms with E-state index < -0.39 is 11.4 Å². The molecule has 1 aliphatic heterocycles. The summed E-state index contributed by atoms with van der Waals surface area (Å²) in [6.07, 6.45) is 16.0. The number of aliphatic carboxylic acids is 1. The van der Waals surface area contributed by atoms with Crippen LogP contribution in [-0.2, 0) is 32.8 Å². The van der Waals surface area contributed by atoms with Crippen LogP contribution in [0.4, 0.5) is 11.4 Å². The molecule has 0 saturated heterocycles. The summed E-state index contributed by atoms with van der Waals surface area (Å²) in [7, 11) is 0. The van der Waals surface area contributed by atoms with E-state index >= 15 is 0 Å². The van der Waals surface area contributed by atoms with E-state index in [9.17, 15) is 20.0 Å². The van der Waals surface area contributed by atoms with Crippen LogP contribution >= 0.6 is 0 Å². The fourth-order valence-corrected chi connectivity index (χ4v) is 7.18. The molecule has 0 radical (unpaired) electrons. The van der Waals surface area contributed by atoms with Crippen molar-refractivity contribution in [2.45, 2.75) is 104 Å². The van der Waals surface area contributed by atoms with Crippen LogP contribution in [-0.4, -0.2) is 35.3 Å². The van der Waals surface area contributed by atoms with Gasteiger partial charge in [0.05, 0.1) is 31.2 Å². The second-order valence-electron chi connectivity index (χ2n) is 13.9. The van der Waals surface area contributed by atoms with Gasteiger partial charge in [-0.25, -0.2) is 14.0 Å². The number of aryl methyl sites for hydroxylation is 1. The molecule has 3 aromatic rings. The van der Waals surface area contributed by atoms with Gasteiger partial charge in [-0.2, -0.15) is 5.26 Å². The maximum Gasteiger partial charge on any atom is 0.305 e. The van der Waals surface area contributed by atoms with Gasteiger partial charge in [-0.15, -0.1) is 0 Å². The van der Waals surface area contributed by atoms with E-state index in [2.05, 4.69) is 64.8 Å². The normalized spacial score (nSPS) is 16.6. The highest BCUT2D eigenvalue weighted by molar-refractivity contribution is 5.77. The average molecular weight is 691 g/mol. The van der Waals surface area contributed by atoms with Gasteiger partial charge in [0.15, 0.2) is 16.7 Å². The van der Waals surface area contributed by atoms with Gasteiger partial charge >= 0.3 is 5.97 Å². The number of nitrogens with zero attached hydrogens (tertiary/aromatic N) is 5. The zero-order valence-corrected chi connectivity index (χ0v) is 30.6. The maximum atomic E-state index is 11.8. The lowest BCUT2D eigenvalue weighted by atomic mass is 9.76. The predicted octanol–water partition coefficient (Wildman–Crippen LogP) is 9.05. The van der Waals surface area contributed by atoms with E-state index in [-0.39, 0.29) is 19.6 Å². The molecular formula is C42H52N5O4+. The third kappa shape index (κ3) is 9.55. The molecule has 1 atom stereocenters. The van der Waals surface area contributed by atoms with Crippen molar-refractivity contribution in [3.05, 3.63) is 94.8 Å². The van der Waals surface area contributed by atoms with Crippen LogP contribution in [0.15, 0.2) is 72.0 Å². The van der Waals surface area contributed by atoms with Crippen molar-refractivity contribution in [1.29, 1.82) is 5.26 Å². The smallest absolute Gasteiger partial charge is 0.305 e. The minimum atomic E-state index is -0.881. The number of nitriles is 1. The van der Waals surface area contributed by atoms with Gasteiger partial charge in [-0.1, -0.05) is 77.1 Å². The molecular weight excluding hydrogens is 638 g/mol. The van der Waals surface area contributed by atoms with Crippen molar-refractivity contribution in [3.8, 4) is 6.07 Å². The first-order chi connectivity index (χ1) is 24.7. The van der Waals surface area contributed by atoms with Gasteiger partial charge < -0.3 is 14.7 Å². The molecule has 0 spiro atoms. The molecule has 0 aliphatic carbocycles. The SMILES string of the molecule is [C-]#[N+]c1ccc2c(c1)C(C)(CCCCCCC)C(=CC=C(C#N)C=Cc1n(CCOC=O)c3ccccc3[n+]1CCCC(C)C)N2CCC(=O)O. The lowest BCUT2D eigenvalue weighted by Gasteiger charge is -2.30. The minimum absolute atomic E-state index is 0.0438. The van der Waals surface area contributed by atoms with Gasteiger partial charge in [0.25, 0.3) is 12.3 Å². The highest BCUT2D eigenvalue weighted by Gasteiger charge is 2.43. The van der Waals surface area contributed by atoms with E-state index in [0.717, 1.165) is 85.3 Å². The number of para-hydroxylation sites is 2. The fourth-order valence-electron chi connectivity index (χ4n) is 7.18. The molecule has 0 saturated carbocycles. The van der Waals surface area contributed by atoms with Crippen LogP contribution in [0.1, 0.15) is 96.9 Å². The quantitative estimate of drug-likeness (QED) is 0.0317. The topological polar surface area (TPSA) is 104 Å². The highest BCUT2D eigenvalue weighted by Crippen LogP contribution is 2.52. The van der Waals surface area contributed by atoms with Crippen LogP contribution in [0.3, 0.4) is 0 Å². The number of benzene rings is 2. The molecule has 2 aromatic carbocycles. The molecule has 0 bridgehead atoms. The first-order valence-electron chi connectivity index (χ1n) is 18.3. The number of carboxylic acid groups (broad SMARTS) is 1. The third-order valence-electron chi connectivity index (χ3n) is 9.82. The van der Waals surface area contributed by atoms with Crippen LogP contribution in [0, 0.1) is 23.8 Å². The Bertz CT molecular complexity index is 1850. The second kappa shape index (κ2) is 18.7. The zero-order chi connectivity index (χ0) is 36.8. The second-order valence-corrected chi connectivity index (χ2v) is 13.9. The minimum Gasteiger partial charge on any atom is -0.481 e. The Hall–Kier alpha value is -5.15. The van der Waals surface area contributed by atoms with Crippen molar-refractivity contribution >= 4 is 40.9 Å². The van der Waals surface area contributed by atoms with Gasteiger partial charge in [-0.05, 0) is 74.1 Å². The number of fused-ring (bicyclic) bond motifs is 2. The molecule has 4 rings (SSSR count). The van der Waals surface area contributed by atoms with Crippen molar-refractivity contribution in [2.75, 3.05) is 18.1 Å². The molecule has 9 nitrogen and oxygen atoms in total. The van der Waals surface area contributed by atoms with Crippen molar-refractivity contribution in [3.63, 3.8) is 0 Å². The first-order valence-corrected chi connectivity index (χ1v) is 18.3. The summed E-state index contributed by atoms with van der Waals surface area (Å²) < 4.78 is 9.50. The highest BCUT2D eigenvalue weighted by atomic mass is 16.5. The molecule has 2 heterocycles. The summed E-state index contributed by atoms with van der Waals surface area (Å²) in [6.45, 7) is 18.7. The van der Waals surface area contributed by atoms with Crippen LogP contribution in [0.25, 0.3) is 22.0 Å². The molecule has 0 amide bonds. The fraction of sp³-hybridized carbons (Fsp3) is 0.452. The monoisotopic (exact) mass is 690 g/mol. The standard InChI is InChI=1S/C42H51N5O4/c1-6-7-8-9-12-24-42(4)35-29-34(44-5)19-20-36(35)45(26-23-41(49)50)39(42)21-17-33(30-43)18-22-40-46(25-13-14-32(2)3)37-15-10-11-16-38(37)47(40)27-28-51-31-48/h10-11,15-22,29,31-32H,6-9,12-14,23-28H2,1-4H3/p+1. The van der Waals surface area contributed by atoms with E-state index in [4.69, 9.17) is 11.3 Å². The molecule has 1 N–H and O–H groups in total. The van der Waals surface area contributed by atoms with Crippen molar-refractivity contribution in [1.82, 2.24) is 4.57 Å². The van der Waals surface area contributed by atoms with E-state index in [1.54, 1.807) is 6.07 Å². The summed E-state index contributed by atoms with van der Waals surface area (Å²) in [5.74, 6) is 0.601. The van der Waals surface area contributed by atoms with Gasteiger partial charge in [0, 0.05) is 29.4 Å². The number of carbonyl (C=O) groups excluding carboxylic acids is 1. The van der Waals surface area contributed by atoms with Gasteiger partial charge in [0.2, 0.25) is 0 Å². The summed E-state index contributed by atoms with van der Waals surface area (Å²) in [6, 6.07) is 16.2. The van der Waals surface area contributed by atoms with Crippen LogP contribution < -0.4 is 9.47 Å². The summed E-state index contributed by atoms with van der Waals surface area (Å²) >= 11 is 0. The van der Waals surface area contributed by atoms with Gasteiger partial charge in [-0.3, -0.25) is 9.59 Å². The number of hydrogen-bond acceptors (Lipinski definition) is 5. The summed E-state index contributed by atoms with van der Waals surface area (Å²) in [5, 5.41) is 20.0. The van der Waals surface area contributed by atoms with Crippen molar-refractivity contribution < 1.29 is 24.0 Å². The molecule has 1 aromatic heterocycles. The Morgan fingerprint density at radius 2 is 1.92 bits per heavy atom. The zero-order valence-electron chi connectivity index (χ0n) is 30.6. The lowest BCUT2D eigenvalue weighted by molar-refractivity contribution is -0.674. The Kier molecular flexibility index (Phi) is 14.2. The Morgan fingerprint density at radius 1 is 1.14 bits per heavy atom. The number of carboxylic acids is 1. The maximum absolute atomic E-state index is 11.8. The number of anilines is 1. The van der Waals surface area contributed by atoms with Gasteiger partial charge in [0.1, 0.15) is 13.2 Å². The number of imidazole rings is 1. The molecule has 268 valence electrons. The summed E-state index contributed by atoms with van der Waals surface area (Å²) in [5.41, 5.74) is 5.49. The average Bonchev–Trinajstić information content (AvgIpc) is 3.54. The number of allylic oxidation sites excluding steroid dienone is 5. The number of carbonyl (C=O) groups is 2. The largest absolute Gasteiger partial charge is 0.481 e.